The van der Waals surface area contributed by atoms with Gasteiger partial charge in [-0.2, -0.15) is 9.40 Å². The average molecular weight is 362 g/mol. The van der Waals surface area contributed by atoms with E-state index in [4.69, 9.17) is 0 Å². The van der Waals surface area contributed by atoms with Crippen molar-refractivity contribution >= 4 is 15.9 Å². The third-order valence-corrected chi connectivity index (χ3v) is 6.21. The topological polar surface area (TPSA) is 75.5 Å². The maximum atomic E-state index is 12.7. The molecule has 2 heterocycles. The molecule has 0 atom stereocenters. The zero-order valence-electron chi connectivity index (χ0n) is 14.4. The lowest BCUT2D eigenvalue weighted by molar-refractivity contribution is 0.0764. The minimum Gasteiger partial charge on any atom is -0.337 e. The van der Waals surface area contributed by atoms with Crippen molar-refractivity contribution in [3.8, 4) is 0 Å². The second-order valence-corrected chi connectivity index (χ2v) is 8.20. The highest BCUT2D eigenvalue weighted by Gasteiger charge is 2.29. The Morgan fingerprint density at radius 2 is 1.80 bits per heavy atom. The van der Waals surface area contributed by atoms with Crippen molar-refractivity contribution in [2.45, 2.75) is 18.2 Å². The summed E-state index contributed by atoms with van der Waals surface area (Å²) in [6, 6.07) is 7.44. The fraction of sp³-hybridized carbons (Fsp3) is 0.412. The van der Waals surface area contributed by atoms with E-state index in [0.29, 0.717) is 31.6 Å². The highest BCUT2D eigenvalue weighted by molar-refractivity contribution is 7.89. The highest BCUT2D eigenvalue weighted by atomic mass is 32.2. The van der Waals surface area contributed by atoms with Crippen LogP contribution < -0.4 is 0 Å². The van der Waals surface area contributed by atoms with Crippen molar-refractivity contribution in [2.75, 3.05) is 26.2 Å². The van der Waals surface area contributed by atoms with Crippen molar-refractivity contribution in [1.29, 1.82) is 0 Å². The van der Waals surface area contributed by atoms with Crippen LogP contribution in [-0.2, 0) is 17.1 Å². The van der Waals surface area contributed by atoms with Gasteiger partial charge in [-0.05, 0) is 25.5 Å². The number of carbonyl (C=O) groups is 1. The molecule has 7 nitrogen and oxygen atoms in total. The van der Waals surface area contributed by atoms with Crippen molar-refractivity contribution < 1.29 is 13.2 Å². The first kappa shape index (κ1) is 17.6. The van der Waals surface area contributed by atoms with E-state index in [9.17, 15) is 13.2 Å². The van der Waals surface area contributed by atoms with Crippen LogP contribution >= 0.6 is 0 Å². The summed E-state index contributed by atoms with van der Waals surface area (Å²) in [6.45, 7) is 3.59. The SMILES string of the molecule is Cc1ccc(C(=O)N2CCCN(S(=O)(=O)c3cnn(C)c3)CC2)cc1. The number of aryl methyl sites for hydroxylation is 2. The van der Waals surface area contributed by atoms with Gasteiger partial charge in [-0.25, -0.2) is 8.42 Å². The number of rotatable bonds is 3. The predicted octanol–water partition coefficient (Wildman–Crippen LogP) is 1.27. The van der Waals surface area contributed by atoms with Crippen molar-refractivity contribution in [1.82, 2.24) is 19.0 Å². The molecule has 0 saturated carbocycles. The Balaban J connectivity index is 1.72. The molecule has 1 saturated heterocycles. The van der Waals surface area contributed by atoms with Crippen LogP contribution in [0.2, 0.25) is 0 Å². The van der Waals surface area contributed by atoms with Crippen LogP contribution in [0, 0.1) is 6.92 Å². The standard InChI is InChI=1S/C17H22N4O3S/c1-14-4-6-15(7-5-14)17(22)20-8-3-9-21(11-10-20)25(23,24)16-12-18-19(2)13-16/h4-7,12-13H,3,8-11H2,1-2H3. The van der Waals surface area contributed by atoms with Gasteiger partial charge in [0.15, 0.2) is 0 Å². The summed E-state index contributed by atoms with van der Waals surface area (Å²) in [6.07, 6.45) is 3.46. The van der Waals surface area contributed by atoms with E-state index in [1.807, 2.05) is 31.2 Å². The number of aromatic nitrogens is 2. The van der Waals surface area contributed by atoms with E-state index in [1.54, 1.807) is 11.9 Å². The molecule has 2 aromatic rings. The molecule has 1 aromatic heterocycles. The number of carbonyl (C=O) groups excluding carboxylic acids is 1. The van der Waals surface area contributed by atoms with Crippen LogP contribution in [0.5, 0.6) is 0 Å². The Morgan fingerprint density at radius 3 is 2.44 bits per heavy atom. The molecule has 1 aliphatic heterocycles. The lowest BCUT2D eigenvalue weighted by Crippen LogP contribution is -2.37. The second-order valence-electron chi connectivity index (χ2n) is 6.27. The molecule has 0 aliphatic carbocycles. The molecular formula is C17H22N4O3S. The molecule has 25 heavy (non-hydrogen) atoms. The second kappa shape index (κ2) is 6.97. The fourth-order valence-corrected chi connectivity index (χ4v) is 4.35. The summed E-state index contributed by atoms with van der Waals surface area (Å²) in [7, 11) is -1.89. The Hall–Kier alpha value is -2.19. The van der Waals surface area contributed by atoms with Crippen LogP contribution in [0.25, 0.3) is 0 Å². The molecule has 1 aliphatic rings. The van der Waals surface area contributed by atoms with Crippen molar-refractivity contribution in [3.05, 3.63) is 47.8 Å². The number of benzene rings is 1. The summed E-state index contributed by atoms with van der Waals surface area (Å²) in [5, 5.41) is 3.94. The Morgan fingerprint density at radius 1 is 1.08 bits per heavy atom. The van der Waals surface area contributed by atoms with Crippen LogP contribution in [0.3, 0.4) is 0 Å². The van der Waals surface area contributed by atoms with Gasteiger partial charge in [0.25, 0.3) is 5.91 Å². The molecular weight excluding hydrogens is 340 g/mol. The minimum atomic E-state index is -3.57. The molecule has 134 valence electrons. The summed E-state index contributed by atoms with van der Waals surface area (Å²) in [5.74, 6) is -0.0550. The smallest absolute Gasteiger partial charge is 0.253 e. The van der Waals surface area contributed by atoms with Gasteiger partial charge in [0.1, 0.15) is 4.90 Å². The first-order chi connectivity index (χ1) is 11.9. The van der Waals surface area contributed by atoms with Gasteiger partial charge in [-0.3, -0.25) is 9.48 Å². The zero-order chi connectivity index (χ0) is 18.0. The molecule has 0 N–H and O–H groups in total. The third kappa shape index (κ3) is 3.74. The average Bonchev–Trinajstić information content (AvgIpc) is 2.88. The van der Waals surface area contributed by atoms with Crippen molar-refractivity contribution in [3.63, 3.8) is 0 Å². The Labute approximate surface area is 147 Å². The Kier molecular flexibility index (Phi) is 4.91. The molecule has 1 fully saturated rings. The van der Waals surface area contributed by atoms with Crippen LogP contribution in [0.1, 0.15) is 22.3 Å². The quantitative estimate of drug-likeness (QED) is 0.824. The van der Waals surface area contributed by atoms with Crippen molar-refractivity contribution in [2.24, 2.45) is 7.05 Å². The molecule has 0 unspecified atom stereocenters. The molecule has 1 aromatic carbocycles. The Bertz CT molecular complexity index is 858. The van der Waals surface area contributed by atoms with Gasteiger partial charge < -0.3 is 4.90 Å². The van der Waals surface area contributed by atoms with Crippen LogP contribution in [0.15, 0.2) is 41.6 Å². The van der Waals surface area contributed by atoms with E-state index in [-0.39, 0.29) is 17.3 Å². The maximum Gasteiger partial charge on any atom is 0.253 e. The van der Waals surface area contributed by atoms with E-state index in [0.717, 1.165) is 5.56 Å². The first-order valence-electron chi connectivity index (χ1n) is 8.23. The van der Waals surface area contributed by atoms with Gasteiger partial charge in [-0.15, -0.1) is 0 Å². The van der Waals surface area contributed by atoms with Crippen LogP contribution in [0.4, 0.5) is 0 Å². The molecule has 1 amide bonds. The van der Waals surface area contributed by atoms with Gasteiger partial charge in [-0.1, -0.05) is 17.7 Å². The van der Waals surface area contributed by atoms with E-state index < -0.39 is 10.0 Å². The largest absolute Gasteiger partial charge is 0.337 e. The molecule has 3 rings (SSSR count). The van der Waals surface area contributed by atoms with E-state index >= 15 is 0 Å². The van der Waals surface area contributed by atoms with Gasteiger partial charge in [0.2, 0.25) is 10.0 Å². The summed E-state index contributed by atoms with van der Waals surface area (Å²) >= 11 is 0. The van der Waals surface area contributed by atoms with Gasteiger partial charge >= 0.3 is 0 Å². The number of hydrogen-bond acceptors (Lipinski definition) is 4. The van der Waals surface area contributed by atoms with Gasteiger partial charge in [0, 0.05) is 45.0 Å². The third-order valence-electron chi connectivity index (χ3n) is 4.36. The molecule has 0 spiro atoms. The monoisotopic (exact) mass is 362 g/mol. The minimum absolute atomic E-state index is 0.0550. The fourth-order valence-electron chi connectivity index (χ4n) is 2.90. The summed E-state index contributed by atoms with van der Waals surface area (Å²) in [5.41, 5.74) is 1.73. The number of sulfonamides is 1. The molecule has 8 heteroatoms. The maximum absolute atomic E-state index is 12.7. The highest BCUT2D eigenvalue weighted by Crippen LogP contribution is 2.18. The molecule has 0 radical (unpaired) electrons. The first-order valence-corrected chi connectivity index (χ1v) is 9.67. The lowest BCUT2D eigenvalue weighted by Gasteiger charge is -2.21. The molecule has 0 bridgehead atoms. The lowest BCUT2D eigenvalue weighted by atomic mass is 10.1. The number of amides is 1. The number of nitrogens with zero attached hydrogens (tertiary/aromatic N) is 4. The van der Waals surface area contributed by atoms with Crippen LogP contribution in [-0.4, -0.2) is 59.5 Å². The van der Waals surface area contributed by atoms with Gasteiger partial charge in [0.05, 0.1) is 6.20 Å². The normalized spacial score (nSPS) is 16.6. The summed E-state index contributed by atoms with van der Waals surface area (Å²) in [4.78, 5) is 14.6. The zero-order valence-corrected chi connectivity index (χ0v) is 15.2. The predicted molar refractivity (Wildman–Crippen MR) is 93.7 cm³/mol. The van der Waals surface area contributed by atoms with E-state index in [2.05, 4.69) is 5.10 Å². The summed E-state index contributed by atoms with van der Waals surface area (Å²) < 4.78 is 28.3. The number of hydrogen-bond donors (Lipinski definition) is 0. The van der Waals surface area contributed by atoms with E-state index in [1.165, 1.54) is 21.4 Å².